The maximum atomic E-state index is 12.4. The van der Waals surface area contributed by atoms with Gasteiger partial charge in [0, 0.05) is 26.2 Å². The lowest BCUT2D eigenvalue weighted by atomic mass is 10.1. The number of benzene rings is 1. The summed E-state index contributed by atoms with van der Waals surface area (Å²) in [5, 5.41) is 5.84. The van der Waals surface area contributed by atoms with Gasteiger partial charge in [-0.15, -0.1) is 12.4 Å². The van der Waals surface area contributed by atoms with Crippen molar-refractivity contribution in [1.82, 2.24) is 15.5 Å². The second-order valence-electron chi connectivity index (χ2n) is 5.31. The van der Waals surface area contributed by atoms with Crippen molar-refractivity contribution in [2.24, 2.45) is 0 Å². The molecule has 0 spiro atoms. The zero-order chi connectivity index (χ0) is 15.8. The summed E-state index contributed by atoms with van der Waals surface area (Å²) < 4.78 is 12.4. The van der Waals surface area contributed by atoms with Crippen molar-refractivity contribution >= 4 is 24.2 Å². The first-order valence-electron chi connectivity index (χ1n) is 7.59. The first-order chi connectivity index (χ1) is 10.7. The molecule has 23 heavy (non-hydrogen) atoms. The summed E-state index contributed by atoms with van der Waals surface area (Å²) in [6.07, 6.45) is 0.850. The molecular weight excluding hydrogens is 321 g/mol. The van der Waals surface area contributed by atoms with Crippen LogP contribution in [-0.4, -0.2) is 55.6 Å². The molecule has 1 saturated heterocycles. The monoisotopic (exact) mass is 343 g/mol. The van der Waals surface area contributed by atoms with Gasteiger partial charge in [-0.2, -0.15) is 0 Å². The maximum absolute atomic E-state index is 12.4. The van der Waals surface area contributed by atoms with Gasteiger partial charge in [0.15, 0.2) is 0 Å². The Morgan fingerprint density at radius 2 is 2.09 bits per heavy atom. The molecule has 1 unspecified atom stereocenters. The van der Waals surface area contributed by atoms with Crippen LogP contribution in [-0.2, 0) is 16.0 Å². The largest absolute Gasteiger partial charge is 0.356 e. The van der Waals surface area contributed by atoms with Gasteiger partial charge < -0.3 is 15.5 Å². The van der Waals surface area contributed by atoms with E-state index in [0.29, 0.717) is 19.6 Å². The van der Waals surface area contributed by atoms with Gasteiger partial charge >= 0.3 is 0 Å². The first-order valence-corrected chi connectivity index (χ1v) is 7.59. The molecule has 1 atom stereocenters. The number of piperazine rings is 1. The minimum Gasteiger partial charge on any atom is -0.356 e. The second kappa shape index (κ2) is 10.2. The quantitative estimate of drug-likeness (QED) is 0.774. The zero-order valence-electron chi connectivity index (χ0n) is 13.0. The molecule has 5 nitrogen and oxygen atoms in total. The molecule has 1 aromatic rings. The van der Waals surface area contributed by atoms with E-state index in [2.05, 4.69) is 10.6 Å². The molecule has 0 radical (unpaired) electrons. The van der Waals surface area contributed by atoms with Crippen LogP contribution in [0.25, 0.3) is 0 Å². The molecular formula is C16H23ClFN3O2. The van der Waals surface area contributed by atoms with Gasteiger partial charge in [0.1, 0.15) is 6.67 Å². The van der Waals surface area contributed by atoms with Crippen LogP contribution in [0.3, 0.4) is 0 Å². The van der Waals surface area contributed by atoms with Gasteiger partial charge in [0.05, 0.1) is 12.5 Å². The summed E-state index contributed by atoms with van der Waals surface area (Å²) in [5.74, 6) is -0.356. The number of nitrogens with one attached hydrogen (secondary N) is 2. The van der Waals surface area contributed by atoms with Crippen molar-refractivity contribution in [3.63, 3.8) is 0 Å². The molecule has 2 rings (SSSR count). The third-order valence-corrected chi connectivity index (χ3v) is 3.70. The smallest absolute Gasteiger partial charge is 0.240 e. The molecule has 1 aliphatic rings. The average Bonchev–Trinajstić information content (AvgIpc) is 2.52. The van der Waals surface area contributed by atoms with E-state index in [1.165, 1.54) is 4.90 Å². The number of hydrogen-bond acceptors (Lipinski definition) is 3. The van der Waals surface area contributed by atoms with Crippen LogP contribution in [0.5, 0.6) is 0 Å². The molecule has 1 aromatic carbocycles. The van der Waals surface area contributed by atoms with Gasteiger partial charge in [-0.1, -0.05) is 30.3 Å². The Morgan fingerprint density at radius 1 is 1.35 bits per heavy atom. The number of carbonyl (C=O) groups excluding carboxylic acids is 2. The molecule has 1 heterocycles. The number of hydrogen-bond donors (Lipinski definition) is 2. The lowest BCUT2D eigenvalue weighted by Gasteiger charge is -2.32. The minimum absolute atomic E-state index is 0. The van der Waals surface area contributed by atoms with Crippen molar-refractivity contribution in [3.05, 3.63) is 35.9 Å². The number of amides is 2. The fourth-order valence-electron chi connectivity index (χ4n) is 2.52. The molecule has 7 heteroatoms. The molecule has 0 bridgehead atoms. The van der Waals surface area contributed by atoms with Gasteiger partial charge in [0.2, 0.25) is 11.8 Å². The van der Waals surface area contributed by atoms with Crippen molar-refractivity contribution < 1.29 is 14.0 Å². The van der Waals surface area contributed by atoms with Gasteiger partial charge in [0.25, 0.3) is 0 Å². The van der Waals surface area contributed by atoms with Crippen LogP contribution >= 0.6 is 12.4 Å². The summed E-state index contributed by atoms with van der Waals surface area (Å²) in [6.45, 7) is 1.18. The molecule has 1 fully saturated rings. The third-order valence-electron chi connectivity index (χ3n) is 3.70. The van der Waals surface area contributed by atoms with Gasteiger partial charge in [-0.05, 0) is 12.0 Å². The lowest BCUT2D eigenvalue weighted by molar-refractivity contribution is -0.138. The number of rotatable bonds is 7. The van der Waals surface area contributed by atoms with Crippen molar-refractivity contribution in [2.45, 2.75) is 18.9 Å². The van der Waals surface area contributed by atoms with Gasteiger partial charge in [-0.25, -0.2) is 4.39 Å². The Kier molecular flexibility index (Phi) is 8.58. The average molecular weight is 344 g/mol. The molecule has 2 N–H and O–H groups in total. The molecule has 0 aromatic heterocycles. The number of carbonyl (C=O) groups is 2. The van der Waals surface area contributed by atoms with E-state index >= 15 is 0 Å². The molecule has 128 valence electrons. The van der Waals surface area contributed by atoms with E-state index < -0.39 is 12.7 Å². The summed E-state index contributed by atoms with van der Waals surface area (Å²) in [6, 6.07) is 9.34. The summed E-state index contributed by atoms with van der Waals surface area (Å²) in [7, 11) is 0. The fourth-order valence-corrected chi connectivity index (χ4v) is 2.52. The van der Waals surface area contributed by atoms with E-state index in [0.717, 1.165) is 12.0 Å². The SMILES string of the molecule is Cl.O=C(CC1NCCN(CCF)C1=O)NCCc1ccccc1. The highest BCUT2D eigenvalue weighted by molar-refractivity contribution is 5.88. The Hall–Kier alpha value is -1.66. The highest BCUT2D eigenvalue weighted by atomic mass is 35.5. The van der Waals surface area contributed by atoms with E-state index in [-0.39, 0.29) is 37.2 Å². The predicted octanol–water partition coefficient (Wildman–Crippen LogP) is 0.927. The van der Waals surface area contributed by atoms with Crippen molar-refractivity contribution in [2.75, 3.05) is 32.9 Å². The highest BCUT2D eigenvalue weighted by Crippen LogP contribution is 2.05. The first kappa shape index (κ1) is 19.4. The number of halogens is 2. The summed E-state index contributed by atoms with van der Waals surface area (Å²) in [4.78, 5) is 25.4. The van der Waals surface area contributed by atoms with Crippen LogP contribution in [0, 0.1) is 0 Å². The predicted molar refractivity (Wildman–Crippen MR) is 89.4 cm³/mol. The normalized spacial score (nSPS) is 17.5. The van der Waals surface area contributed by atoms with E-state index in [9.17, 15) is 14.0 Å². The van der Waals surface area contributed by atoms with Gasteiger partial charge in [-0.3, -0.25) is 9.59 Å². The van der Waals surface area contributed by atoms with Crippen LogP contribution in [0.2, 0.25) is 0 Å². The maximum Gasteiger partial charge on any atom is 0.240 e. The zero-order valence-corrected chi connectivity index (χ0v) is 13.8. The Morgan fingerprint density at radius 3 is 2.78 bits per heavy atom. The van der Waals surface area contributed by atoms with Crippen LogP contribution in [0.15, 0.2) is 30.3 Å². The molecule has 0 saturated carbocycles. The van der Waals surface area contributed by atoms with Crippen LogP contribution in [0.4, 0.5) is 4.39 Å². The third kappa shape index (κ3) is 6.15. The lowest BCUT2D eigenvalue weighted by Crippen LogP contribution is -2.56. The standard InChI is InChI=1S/C16H22FN3O2.ClH/c17-7-10-20-11-9-18-14(16(20)22)12-15(21)19-8-6-13-4-2-1-3-5-13;/h1-5,14,18H,6-12H2,(H,19,21);1H. The fraction of sp³-hybridized carbons (Fsp3) is 0.500. The Balaban J connectivity index is 0.00000264. The number of alkyl halides is 1. The van der Waals surface area contributed by atoms with E-state index in [4.69, 9.17) is 0 Å². The number of nitrogens with zero attached hydrogens (tertiary/aromatic N) is 1. The van der Waals surface area contributed by atoms with E-state index in [1.54, 1.807) is 0 Å². The topological polar surface area (TPSA) is 61.4 Å². The molecule has 2 amide bonds. The van der Waals surface area contributed by atoms with Crippen molar-refractivity contribution in [1.29, 1.82) is 0 Å². The Bertz CT molecular complexity index is 499. The second-order valence-corrected chi connectivity index (χ2v) is 5.31. The molecule has 0 aliphatic carbocycles. The van der Waals surface area contributed by atoms with Crippen LogP contribution < -0.4 is 10.6 Å². The molecule has 1 aliphatic heterocycles. The van der Waals surface area contributed by atoms with E-state index in [1.807, 2.05) is 30.3 Å². The van der Waals surface area contributed by atoms with Crippen LogP contribution in [0.1, 0.15) is 12.0 Å². The summed E-state index contributed by atoms with van der Waals surface area (Å²) >= 11 is 0. The van der Waals surface area contributed by atoms with Crippen molar-refractivity contribution in [3.8, 4) is 0 Å². The minimum atomic E-state index is -0.554. The Labute approximate surface area is 142 Å². The highest BCUT2D eigenvalue weighted by Gasteiger charge is 2.29. The summed E-state index contributed by atoms with van der Waals surface area (Å²) in [5.41, 5.74) is 1.16.